The zero-order valence-electron chi connectivity index (χ0n) is 20.7. The van der Waals surface area contributed by atoms with Crippen molar-refractivity contribution < 1.29 is 4.74 Å². The Kier molecular flexibility index (Phi) is 6.98. The molecule has 1 atom stereocenters. The summed E-state index contributed by atoms with van der Waals surface area (Å²) in [5.74, 6) is 0.853. The van der Waals surface area contributed by atoms with Crippen molar-refractivity contribution >= 4 is 5.69 Å². The number of rotatable bonds is 7. The first-order chi connectivity index (χ1) is 17.5. The van der Waals surface area contributed by atoms with Crippen LogP contribution in [0.25, 0.3) is 0 Å². The molecule has 4 aromatic rings. The molecule has 1 aromatic heterocycles. The van der Waals surface area contributed by atoms with Gasteiger partial charge in [0.05, 0.1) is 0 Å². The second-order valence-electron chi connectivity index (χ2n) is 9.80. The molecule has 0 amide bonds. The van der Waals surface area contributed by atoms with Gasteiger partial charge in [-0.2, -0.15) is 0 Å². The van der Waals surface area contributed by atoms with Crippen molar-refractivity contribution in [2.45, 2.75) is 37.8 Å². The molecule has 4 N–H and O–H groups in total. The molecule has 0 spiro atoms. The van der Waals surface area contributed by atoms with Crippen LogP contribution in [-0.2, 0) is 6.54 Å². The highest BCUT2D eigenvalue weighted by Crippen LogP contribution is 2.40. The Morgan fingerprint density at radius 1 is 0.861 bits per heavy atom. The van der Waals surface area contributed by atoms with Crippen LogP contribution in [0.2, 0.25) is 0 Å². The smallest absolute Gasteiger partial charge is 0.321 e. The van der Waals surface area contributed by atoms with Crippen LogP contribution >= 0.6 is 0 Å². The summed E-state index contributed by atoms with van der Waals surface area (Å²) in [7, 11) is 0. The van der Waals surface area contributed by atoms with E-state index in [9.17, 15) is 0 Å². The van der Waals surface area contributed by atoms with Crippen LogP contribution in [0.4, 0.5) is 5.69 Å². The average Bonchev–Trinajstić information content (AvgIpc) is 2.90. The minimum Gasteiger partial charge on any atom is -0.424 e. The Balaban J connectivity index is 1.26. The van der Waals surface area contributed by atoms with Crippen LogP contribution in [0.3, 0.4) is 0 Å². The number of benzene rings is 3. The lowest BCUT2D eigenvalue weighted by molar-refractivity contribution is 0.144. The highest BCUT2D eigenvalue weighted by molar-refractivity contribution is 5.45. The minimum absolute atomic E-state index is 0.123. The van der Waals surface area contributed by atoms with Crippen molar-refractivity contribution in [1.29, 1.82) is 0 Å². The van der Waals surface area contributed by atoms with E-state index in [1.165, 1.54) is 22.3 Å². The van der Waals surface area contributed by atoms with Crippen LogP contribution in [0.15, 0.2) is 91.3 Å². The molecule has 1 aliphatic rings. The first kappa shape index (κ1) is 24.0. The van der Waals surface area contributed by atoms with Gasteiger partial charge in [0.1, 0.15) is 5.75 Å². The molecule has 2 heterocycles. The highest BCUT2D eigenvalue weighted by Gasteiger charge is 2.39. The number of nitrogen functional groups attached to an aromatic ring is 1. The Hall–Kier alpha value is -3.74. The van der Waals surface area contributed by atoms with Crippen molar-refractivity contribution in [3.63, 3.8) is 0 Å². The third kappa shape index (κ3) is 5.56. The number of anilines is 1. The molecule has 1 unspecified atom stereocenters. The fourth-order valence-corrected chi connectivity index (χ4v) is 5.08. The van der Waals surface area contributed by atoms with Gasteiger partial charge in [0.2, 0.25) is 0 Å². The number of nitrogens with two attached hydrogens (primary N) is 2. The summed E-state index contributed by atoms with van der Waals surface area (Å²) in [6, 6.07) is 27.3. The summed E-state index contributed by atoms with van der Waals surface area (Å²) in [6.07, 6.45) is 5.17. The van der Waals surface area contributed by atoms with E-state index in [2.05, 4.69) is 70.3 Å². The first-order valence-corrected chi connectivity index (χ1v) is 12.5. The van der Waals surface area contributed by atoms with Gasteiger partial charge in [-0.05, 0) is 66.8 Å². The number of piperidine rings is 1. The van der Waals surface area contributed by atoms with E-state index in [0.29, 0.717) is 6.01 Å². The predicted octanol–water partition coefficient (Wildman–Crippen LogP) is 5.28. The van der Waals surface area contributed by atoms with Crippen molar-refractivity contribution in [3.8, 4) is 11.8 Å². The summed E-state index contributed by atoms with van der Waals surface area (Å²) >= 11 is 0. The molecule has 36 heavy (non-hydrogen) atoms. The maximum atomic E-state index is 7.21. The van der Waals surface area contributed by atoms with Gasteiger partial charge in [0, 0.05) is 49.2 Å². The molecule has 1 aliphatic heterocycles. The first-order valence-electron chi connectivity index (χ1n) is 12.5. The number of likely N-dealkylation sites (tertiary alicyclic amines) is 1. The third-order valence-electron chi connectivity index (χ3n) is 7.12. The molecule has 0 saturated carbocycles. The van der Waals surface area contributed by atoms with Crippen molar-refractivity contribution in [2.24, 2.45) is 5.73 Å². The number of aromatic nitrogens is 2. The minimum atomic E-state index is -0.324. The standard InChI is InChI=1S/C30H33N5O/c1-22-3-7-24(8-4-22)28(25-9-11-26(31)12-10-25)30(32)15-19-35(20-16-30)21-23-5-13-27(14-6-23)36-29-33-17-2-18-34-29/h2-14,17-18,28H,15-16,19-21,31-32H2,1H3. The second-order valence-corrected chi connectivity index (χ2v) is 9.80. The van der Waals surface area contributed by atoms with Gasteiger partial charge in [-0.3, -0.25) is 4.90 Å². The zero-order valence-corrected chi connectivity index (χ0v) is 20.7. The van der Waals surface area contributed by atoms with Gasteiger partial charge in [0.15, 0.2) is 0 Å². The normalized spacial score (nSPS) is 16.4. The van der Waals surface area contributed by atoms with Crippen LogP contribution in [0.1, 0.15) is 41.0 Å². The SMILES string of the molecule is Cc1ccc(C(c2ccc(N)cc2)C2(N)CCN(Cc3ccc(Oc4ncccn4)cc3)CC2)cc1. The van der Waals surface area contributed by atoms with E-state index >= 15 is 0 Å². The van der Waals surface area contributed by atoms with Gasteiger partial charge >= 0.3 is 6.01 Å². The summed E-state index contributed by atoms with van der Waals surface area (Å²) in [5.41, 5.74) is 18.6. The number of hydrogen-bond acceptors (Lipinski definition) is 6. The molecule has 1 saturated heterocycles. The highest BCUT2D eigenvalue weighted by atomic mass is 16.5. The topological polar surface area (TPSA) is 90.3 Å². The van der Waals surface area contributed by atoms with Crippen LogP contribution in [0, 0.1) is 6.92 Å². The van der Waals surface area contributed by atoms with E-state index in [0.717, 1.165) is 43.9 Å². The molecule has 6 heteroatoms. The van der Waals surface area contributed by atoms with E-state index in [1.807, 2.05) is 24.3 Å². The molecular weight excluding hydrogens is 446 g/mol. The van der Waals surface area contributed by atoms with Crippen molar-refractivity contribution in [1.82, 2.24) is 14.9 Å². The Morgan fingerprint density at radius 2 is 1.44 bits per heavy atom. The maximum Gasteiger partial charge on any atom is 0.321 e. The van der Waals surface area contributed by atoms with Crippen LogP contribution in [0.5, 0.6) is 11.8 Å². The molecule has 1 fully saturated rings. The Morgan fingerprint density at radius 3 is 2.06 bits per heavy atom. The average molecular weight is 480 g/mol. The summed E-state index contributed by atoms with van der Waals surface area (Å²) in [6.45, 7) is 4.90. The number of hydrogen-bond donors (Lipinski definition) is 2. The Bertz CT molecular complexity index is 1200. The molecule has 0 aliphatic carbocycles. The molecule has 5 rings (SSSR count). The number of aryl methyl sites for hydroxylation is 1. The second kappa shape index (κ2) is 10.5. The van der Waals surface area contributed by atoms with Crippen LogP contribution in [-0.4, -0.2) is 33.5 Å². The van der Waals surface area contributed by atoms with Crippen LogP contribution < -0.4 is 16.2 Å². The lowest BCUT2D eigenvalue weighted by Gasteiger charge is -2.44. The summed E-state index contributed by atoms with van der Waals surface area (Å²) in [4.78, 5) is 10.7. The molecule has 3 aromatic carbocycles. The van der Waals surface area contributed by atoms with E-state index in [1.54, 1.807) is 18.5 Å². The van der Waals surface area contributed by atoms with Gasteiger partial charge in [0.25, 0.3) is 0 Å². The van der Waals surface area contributed by atoms with Crippen molar-refractivity contribution in [2.75, 3.05) is 18.8 Å². The zero-order chi connectivity index (χ0) is 25.0. The van der Waals surface area contributed by atoms with E-state index in [4.69, 9.17) is 16.2 Å². The third-order valence-corrected chi connectivity index (χ3v) is 7.12. The largest absolute Gasteiger partial charge is 0.424 e. The fourth-order valence-electron chi connectivity index (χ4n) is 5.08. The molecule has 0 bridgehead atoms. The molecule has 6 nitrogen and oxygen atoms in total. The van der Waals surface area contributed by atoms with Gasteiger partial charge in [-0.25, -0.2) is 9.97 Å². The molecule has 184 valence electrons. The quantitative estimate of drug-likeness (QED) is 0.350. The lowest BCUT2D eigenvalue weighted by atomic mass is 9.70. The summed E-state index contributed by atoms with van der Waals surface area (Å²) < 4.78 is 5.72. The Labute approximate surface area is 213 Å². The van der Waals surface area contributed by atoms with E-state index in [-0.39, 0.29) is 11.5 Å². The molecule has 0 radical (unpaired) electrons. The van der Waals surface area contributed by atoms with E-state index < -0.39 is 0 Å². The number of ether oxygens (including phenoxy) is 1. The number of nitrogens with zero attached hydrogens (tertiary/aromatic N) is 3. The monoisotopic (exact) mass is 479 g/mol. The fraction of sp³-hybridized carbons (Fsp3) is 0.267. The van der Waals surface area contributed by atoms with Gasteiger partial charge in [-0.1, -0.05) is 54.1 Å². The predicted molar refractivity (Wildman–Crippen MR) is 144 cm³/mol. The van der Waals surface area contributed by atoms with Crippen molar-refractivity contribution in [3.05, 3.63) is 114 Å². The summed E-state index contributed by atoms with van der Waals surface area (Å²) in [5, 5.41) is 0. The lowest BCUT2D eigenvalue weighted by Crippen LogP contribution is -2.54. The van der Waals surface area contributed by atoms with Gasteiger partial charge in [-0.15, -0.1) is 0 Å². The molecular formula is C30H33N5O. The maximum absolute atomic E-state index is 7.21. The van der Waals surface area contributed by atoms with Gasteiger partial charge < -0.3 is 16.2 Å².